The number of hydrogen-bond acceptors (Lipinski definition) is 4. The number of thioether (sulfide) groups is 1. The van der Waals surface area contributed by atoms with E-state index in [1.54, 1.807) is 22.9 Å². The fourth-order valence-electron chi connectivity index (χ4n) is 2.62. The van der Waals surface area contributed by atoms with Gasteiger partial charge >= 0.3 is 5.97 Å². The second kappa shape index (κ2) is 6.49. The topological polar surface area (TPSA) is 84.2 Å². The number of nitrogens with one attached hydrogen (secondary N) is 1. The Bertz CT molecular complexity index is 800. The van der Waals surface area contributed by atoms with Crippen molar-refractivity contribution in [3.63, 3.8) is 0 Å². The van der Waals surface area contributed by atoms with Crippen LogP contribution in [-0.4, -0.2) is 43.8 Å². The molecular weight excluding hydrogens is 350 g/mol. The molecule has 1 atom stereocenters. The van der Waals surface area contributed by atoms with E-state index in [0.717, 1.165) is 5.69 Å². The first-order valence-corrected chi connectivity index (χ1v) is 8.91. The number of para-hydroxylation sites is 1. The summed E-state index contributed by atoms with van der Waals surface area (Å²) in [4.78, 5) is 24.1. The highest BCUT2D eigenvalue weighted by Gasteiger charge is 2.43. The van der Waals surface area contributed by atoms with Gasteiger partial charge in [-0.2, -0.15) is 16.9 Å². The number of nitrogens with zero attached hydrogens (tertiary/aromatic N) is 2. The lowest BCUT2D eigenvalue weighted by Gasteiger charge is -2.23. The summed E-state index contributed by atoms with van der Waals surface area (Å²) < 4.78 is 1.58. The molecule has 2 N–H and O–H groups in total. The smallest absolute Gasteiger partial charge is 0.330 e. The Labute approximate surface area is 148 Å². The molecule has 1 aromatic heterocycles. The number of aliphatic carboxylic acids is 1. The minimum absolute atomic E-state index is 0.171. The van der Waals surface area contributed by atoms with Gasteiger partial charge in [0.1, 0.15) is 5.54 Å². The molecule has 24 heavy (non-hydrogen) atoms. The molecule has 1 aliphatic rings. The third-order valence-electron chi connectivity index (χ3n) is 3.98. The maximum atomic E-state index is 12.5. The van der Waals surface area contributed by atoms with Crippen LogP contribution in [0.2, 0.25) is 5.02 Å². The van der Waals surface area contributed by atoms with Crippen LogP contribution < -0.4 is 5.32 Å². The van der Waals surface area contributed by atoms with Crippen LogP contribution >= 0.6 is 23.4 Å². The van der Waals surface area contributed by atoms with Crippen LogP contribution in [0, 0.1) is 6.92 Å². The zero-order valence-corrected chi connectivity index (χ0v) is 14.5. The fourth-order valence-corrected chi connectivity index (χ4v) is 4.16. The lowest BCUT2D eigenvalue weighted by molar-refractivity contribution is -0.143. The van der Waals surface area contributed by atoms with Crippen molar-refractivity contribution in [1.82, 2.24) is 15.1 Å². The second-order valence-electron chi connectivity index (χ2n) is 5.68. The molecule has 2 aromatic rings. The van der Waals surface area contributed by atoms with E-state index < -0.39 is 17.4 Å². The Morgan fingerprint density at radius 3 is 2.79 bits per heavy atom. The van der Waals surface area contributed by atoms with Gasteiger partial charge in [-0.05, 0) is 37.3 Å². The van der Waals surface area contributed by atoms with E-state index in [-0.39, 0.29) is 5.69 Å². The number of benzene rings is 1. The Morgan fingerprint density at radius 2 is 2.17 bits per heavy atom. The summed E-state index contributed by atoms with van der Waals surface area (Å²) in [5, 5.41) is 16.9. The maximum Gasteiger partial charge on any atom is 0.330 e. The third kappa shape index (κ3) is 3.01. The molecule has 1 aromatic carbocycles. The predicted molar refractivity (Wildman–Crippen MR) is 93.1 cm³/mol. The monoisotopic (exact) mass is 365 g/mol. The average molecular weight is 366 g/mol. The number of carboxylic acid groups (broad SMARTS) is 1. The molecule has 1 unspecified atom stereocenters. The highest BCUT2D eigenvalue weighted by atomic mass is 35.5. The number of carboxylic acids is 1. The summed E-state index contributed by atoms with van der Waals surface area (Å²) in [7, 11) is 0. The zero-order valence-electron chi connectivity index (χ0n) is 13.0. The Hall–Kier alpha value is -1.99. The van der Waals surface area contributed by atoms with Crippen molar-refractivity contribution in [3.05, 3.63) is 46.7 Å². The molecule has 0 spiro atoms. The minimum Gasteiger partial charge on any atom is -0.479 e. The number of aryl methyl sites for hydroxylation is 1. The Morgan fingerprint density at radius 1 is 1.42 bits per heavy atom. The van der Waals surface area contributed by atoms with E-state index in [2.05, 4.69) is 10.4 Å². The molecule has 1 amide bonds. The molecule has 3 rings (SSSR count). The summed E-state index contributed by atoms with van der Waals surface area (Å²) in [6.07, 6.45) is 0.406. The number of rotatable bonds is 4. The predicted octanol–water partition coefficient (Wildman–Crippen LogP) is 2.52. The number of carbonyl (C=O) groups is 2. The van der Waals surface area contributed by atoms with Crippen molar-refractivity contribution in [1.29, 1.82) is 0 Å². The van der Waals surface area contributed by atoms with E-state index in [4.69, 9.17) is 11.6 Å². The quantitative estimate of drug-likeness (QED) is 0.869. The van der Waals surface area contributed by atoms with Gasteiger partial charge in [0.2, 0.25) is 0 Å². The van der Waals surface area contributed by atoms with Gasteiger partial charge < -0.3 is 10.4 Å². The van der Waals surface area contributed by atoms with Crippen molar-refractivity contribution in [2.45, 2.75) is 18.9 Å². The second-order valence-corrected chi connectivity index (χ2v) is 7.19. The number of halogens is 1. The fraction of sp³-hybridized carbons (Fsp3) is 0.312. The third-order valence-corrected chi connectivity index (χ3v) is 5.49. The Balaban J connectivity index is 1.88. The number of aromatic nitrogens is 2. The van der Waals surface area contributed by atoms with Gasteiger partial charge in [-0.25, -0.2) is 9.48 Å². The minimum atomic E-state index is -1.22. The first-order chi connectivity index (χ1) is 11.4. The molecule has 2 heterocycles. The largest absolute Gasteiger partial charge is 0.479 e. The van der Waals surface area contributed by atoms with Gasteiger partial charge in [0.15, 0.2) is 5.69 Å². The SMILES string of the molecule is Cc1cc(C(=O)NC2(C(=O)O)CCSC2)nn1-c1ccccc1Cl. The van der Waals surface area contributed by atoms with Crippen LogP contribution in [0.15, 0.2) is 30.3 Å². The first kappa shape index (κ1) is 16.9. The molecule has 6 nitrogen and oxygen atoms in total. The van der Waals surface area contributed by atoms with Gasteiger partial charge in [0.25, 0.3) is 5.91 Å². The van der Waals surface area contributed by atoms with E-state index in [0.29, 0.717) is 28.6 Å². The van der Waals surface area contributed by atoms with Gasteiger partial charge in [0, 0.05) is 11.4 Å². The molecule has 1 aliphatic heterocycles. The van der Waals surface area contributed by atoms with Crippen LogP contribution in [0.1, 0.15) is 22.6 Å². The van der Waals surface area contributed by atoms with Gasteiger partial charge in [-0.3, -0.25) is 4.79 Å². The van der Waals surface area contributed by atoms with Crippen molar-refractivity contribution in [2.75, 3.05) is 11.5 Å². The standard InChI is InChI=1S/C16H16ClN3O3S/c1-10-8-12(19-20(10)13-5-3-2-4-11(13)17)14(21)18-16(15(22)23)6-7-24-9-16/h2-5,8H,6-7,9H2,1H3,(H,18,21)(H,22,23). The lowest BCUT2D eigenvalue weighted by Crippen LogP contribution is -2.54. The van der Waals surface area contributed by atoms with Crippen molar-refractivity contribution < 1.29 is 14.7 Å². The number of amides is 1. The molecule has 8 heteroatoms. The van der Waals surface area contributed by atoms with E-state index in [1.807, 2.05) is 19.1 Å². The van der Waals surface area contributed by atoms with Crippen molar-refractivity contribution in [3.8, 4) is 5.69 Å². The van der Waals surface area contributed by atoms with Gasteiger partial charge in [-0.1, -0.05) is 23.7 Å². The van der Waals surface area contributed by atoms with Crippen LogP contribution in [0.25, 0.3) is 5.69 Å². The van der Waals surface area contributed by atoms with Crippen molar-refractivity contribution in [2.24, 2.45) is 0 Å². The molecular formula is C16H16ClN3O3S. The molecule has 1 saturated heterocycles. The van der Waals surface area contributed by atoms with E-state index in [1.165, 1.54) is 11.8 Å². The van der Waals surface area contributed by atoms with E-state index in [9.17, 15) is 14.7 Å². The van der Waals surface area contributed by atoms with Crippen molar-refractivity contribution >= 4 is 35.2 Å². The van der Waals surface area contributed by atoms with Crippen LogP contribution in [0.3, 0.4) is 0 Å². The van der Waals surface area contributed by atoms with Crippen LogP contribution in [0.5, 0.6) is 0 Å². The number of carbonyl (C=O) groups excluding carboxylic acids is 1. The molecule has 0 saturated carbocycles. The molecule has 1 fully saturated rings. The molecule has 126 valence electrons. The van der Waals surface area contributed by atoms with E-state index >= 15 is 0 Å². The molecule has 0 bridgehead atoms. The van der Waals surface area contributed by atoms with Gasteiger partial charge in [0.05, 0.1) is 10.7 Å². The summed E-state index contributed by atoms with van der Waals surface area (Å²) in [6.45, 7) is 1.81. The number of hydrogen-bond donors (Lipinski definition) is 2. The highest BCUT2D eigenvalue weighted by molar-refractivity contribution is 7.99. The lowest BCUT2D eigenvalue weighted by atomic mass is 9.99. The van der Waals surface area contributed by atoms with Crippen LogP contribution in [-0.2, 0) is 4.79 Å². The zero-order chi connectivity index (χ0) is 17.3. The first-order valence-electron chi connectivity index (χ1n) is 7.38. The summed E-state index contributed by atoms with van der Waals surface area (Å²) in [5.41, 5.74) is 0.354. The average Bonchev–Trinajstić information content (AvgIpc) is 3.16. The normalized spacial score (nSPS) is 20.1. The highest BCUT2D eigenvalue weighted by Crippen LogP contribution is 2.29. The van der Waals surface area contributed by atoms with Crippen LogP contribution in [0.4, 0.5) is 0 Å². The van der Waals surface area contributed by atoms with Gasteiger partial charge in [-0.15, -0.1) is 0 Å². The summed E-state index contributed by atoms with van der Waals surface area (Å²) >= 11 is 7.69. The summed E-state index contributed by atoms with van der Waals surface area (Å²) in [6, 6.07) is 8.81. The molecule has 0 aliphatic carbocycles. The maximum absolute atomic E-state index is 12.5. The summed E-state index contributed by atoms with van der Waals surface area (Å²) in [5.74, 6) is -0.435. The Kier molecular flexibility index (Phi) is 4.56. The molecule has 0 radical (unpaired) electrons.